The van der Waals surface area contributed by atoms with Crippen LogP contribution in [0.25, 0.3) is 0 Å². The lowest BCUT2D eigenvalue weighted by molar-refractivity contribution is -0.870. The van der Waals surface area contributed by atoms with Gasteiger partial charge in [-0.2, -0.15) is 0 Å². The number of imide groups is 1. The smallest absolute Gasteiger partial charge is 0.326 e. The number of ether oxygens (including phenoxy) is 1. The molecule has 0 aromatic heterocycles. The minimum absolute atomic E-state index is 0.00528. The fourth-order valence-corrected chi connectivity index (χ4v) is 6.79. The summed E-state index contributed by atoms with van der Waals surface area (Å²) in [5.41, 5.74) is 2.00. The molecule has 2 fully saturated rings. The molecule has 3 heterocycles. The summed E-state index contributed by atoms with van der Waals surface area (Å²) in [7, 11) is 8.17. The molecule has 3 atom stereocenters. The molecule has 11 heteroatoms. The van der Waals surface area contributed by atoms with Gasteiger partial charge in [-0.05, 0) is 42.9 Å². The van der Waals surface area contributed by atoms with Gasteiger partial charge in [0.05, 0.1) is 46.8 Å². The molecule has 0 saturated carbocycles. The number of carboxylic acids is 1. The fourth-order valence-electron chi connectivity index (χ4n) is 6.79. The van der Waals surface area contributed by atoms with Gasteiger partial charge in [0.2, 0.25) is 11.8 Å². The lowest BCUT2D eigenvalue weighted by Gasteiger charge is -2.34. The number of likely N-dealkylation sites (tertiary alicyclic amines) is 1. The highest BCUT2D eigenvalue weighted by Gasteiger charge is 2.48. The van der Waals surface area contributed by atoms with E-state index in [-0.39, 0.29) is 43.3 Å². The maximum atomic E-state index is 13.9. The number of rotatable bonds is 15. The van der Waals surface area contributed by atoms with Crippen molar-refractivity contribution >= 4 is 23.8 Å². The van der Waals surface area contributed by atoms with Crippen LogP contribution in [0.2, 0.25) is 0 Å². The Morgan fingerprint density at radius 1 is 1.09 bits per heavy atom. The molecule has 2 saturated heterocycles. The zero-order valence-electron chi connectivity index (χ0n) is 27.3. The van der Waals surface area contributed by atoms with Gasteiger partial charge < -0.3 is 24.1 Å². The molecule has 1 aromatic rings. The highest BCUT2D eigenvalue weighted by atomic mass is 16.5. The number of benzene rings is 1. The molecule has 244 valence electrons. The number of quaternary nitrogens is 1. The highest BCUT2D eigenvalue weighted by molar-refractivity contribution is 5.96. The van der Waals surface area contributed by atoms with E-state index in [4.69, 9.17) is 4.74 Å². The third-order valence-electron chi connectivity index (χ3n) is 9.32. The van der Waals surface area contributed by atoms with E-state index >= 15 is 0 Å². The van der Waals surface area contributed by atoms with E-state index in [1.165, 1.54) is 9.80 Å². The number of amides is 4. The molecular weight excluding hydrogens is 562 g/mol. The number of hydrogen-bond acceptors (Lipinski definition) is 6. The Labute approximate surface area is 262 Å². The first-order valence-electron chi connectivity index (χ1n) is 16.3. The second-order valence-corrected chi connectivity index (χ2v) is 13.7. The Morgan fingerprint density at radius 2 is 1.84 bits per heavy atom. The van der Waals surface area contributed by atoms with Crippen LogP contribution in [0, 0.1) is 5.92 Å². The van der Waals surface area contributed by atoms with Crippen LogP contribution in [-0.2, 0) is 20.8 Å². The minimum atomic E-state index is -0.928. The van der Waals surface area contributed by atoms with Crippen LogP contribution in [0.3, 0.4) is 0 Å². The number of carbonyl (C=O) groups excluding carboxylic acids is 3. The van der Waals surface area contributed by atoms with Crippen molar-refractivity contribution in [3.63, 3.8) is 0 Å². The Balaban J connectivity index is 1.56. The van der Waals surface area contributed by atoms with E-state index in [1.807, 2.05) is 21.9 Å². The molecule has 4 rings (SSSR count). The number of hydrogen-bond donors (Lipinski definition) is 1. The van der Waals surface area contributed by atoms with Crippen LogP contribution < -0.4 is 4.74 Å². The van der Waals surface area contributed by atoms with Gasteiger partial charge in [-0.3, -0.25) is 24.2 Å². The van der Waals surface area contributed by atoms with Gasteiger partial charge in [-0.15, -0.1) is 0 Å². The van der Waals surface area contributed by atoms with Gasteiger partial charge in [0.15, 0.2) is 0 Å². The summed E-state index contributed by atoms with van der Waals surface area (Å²) >= 11 is 0. The van der Waals surface area contributed by atoms with Crippen molar-refractivity contribution in [1.29, 1.82) is 0 Å². The molecule has 0 aliphatic carbocycles. The van der Waals surface area contributed by atoms with E-state index in [0.29, 0.717) is 39.2 Å². The van der Waals surface area contributed by atoms with Gasteiger partial charge in [0, 0.05) is 64.6 Å². The summed E-state index contributed by atoms with van der Waals surface area (Å²) in [4.78, 5) is 59.0. The van der Waals surface area contributed by atoms with E-state index < -0.39 is 17.9 Å². The lowest BCUT2D eigenvalue weighted by Crippen LogP contribution is -2.52. The van der Waals surface area contributed by atoms with Crippen molar-refractivity contribution < 1.29 is 33.5 Å². The first-order chi connectivity index (χ1) is 20.9. The maximum Gasteiger partial charge on any atom is 0.326 e. The predicted octanol–water partition coefficient (Wildman–Crippen LogP) is 2.88. The molecule has 0 spiro atoms. The van der Waals surface area contributed by atoms with Gasteiger partial charge in [0.25, 0.3) is 0 Å². The van der Waals surface area contributed by atoms with Crippen molar-refractivity contribution in [2.45, 2.75) is 63.8 Å². The molecule has 11 nitrogen and oxygen atoms in total. The number of carbonyl (C=O) groups is 4. The standard InChI is InChI=1S/C33H51N5O6/c1-6-7-15-35(16-8-9-19-38(3,4)5)30(40)23-36-22-26(24-10-11-28-25(21-24)14-20-44-28)31(32(41)42)27(36)12-18-37-29(39)13-17-34(2)33(37)43/h10-11,21,26-27,31H,6-9,12-20,22-23H2,1-5H3/p+1/t26-,27+,31?/m1/s1. The molecule has 1 N–H and O–H groups in total. The lowest BCUT2D eigenvalue weighted by atomic mass is 9.83. The van der Waals surface area contributed by atoms with Gasteiger partial charge >= 0.3 is 12.0 Å². The number of urea groups is 1. The molecule has 4 amide bonds. The van der Waals surface area contributed by atoms with Crippen LogP contribution in [0.5, 0.6) is 5.75 Å². The van der Waals surface area contributed by atoms with Crippen LogP contribution >= 0.6 is 0 Å². The van der Waals surface area contributed by atoms with Gasteiger partial charge in [-0.1, -0.05) is 25.5 Å². The van der Waals surface area contributed by atoms with Crippen molar-refractivity contribution in [2.24, 2.45) is 5.92 Å². The van der Waals surface area contributed by atoms with E-state index in [1.54, 1.807) is 7.05 Å². The molecule has 0 radical (unpaired) electrons. The number of unbranched alkanes of at least 4 members (excludes halogenated alkanes) is 2. The summed E-state index contributed by atoms with van der Waals surface area (Å²) in [6.07, 6.45) is 5.14. The fraction of sp³-hybridized carbons (Fsp3) is 0.697. The van der Waals surface area contributed by atoms with Gasteiger partial charge in [-0.25, -0.2) is 4.79 Å². The maximum absolute atomic E-state index is 13.9. The average Bonchev–Trinajstić information content (AvgIpc) is 3.58. The molecular formula is C33H52N5O6+. The molecule has 3 aliphatic rings. The zero-order valence-corrected chi connectivity index (χ0v) is 27.3. The van der Waals surface area contributed by atoms with Crippen molar-refractivity contribution in [2.75, 3.05) is 80.6 Å². The van der Waals surface area contributed by atoms with Gasteiger partial charge in [0.1, 0.15) is 5.75 Å². The zero-order chi connectivity index (χ0) is 32.0. The Kier molecular flexibility index (Phi) is 11.3. The number of fused-ring (bicyclic) bond motifs is 1. The summed E-state index contributed by atoms with van der Waals surface area (Å²) < 4.78 is 6.56. The largest absolute Gasteiger partial charge is 0.493 e. The van der Waals surface area contributed by atoms with Crippen LogP contribution in [0.15, 0.2) is 18.2 Å². The minimum Gasteiger partial charge on any atom is -0.493 e. The molecule has 3 aliphatic heterocycles. The summed E-state index contributed by atoms with van der Waals surface area (Å²) in [6.45, 7) is 6.14. The van der Waals surface area contributed by atoms with Crippen LogP contribution in [0.4, 0.5) is 4.79 Å². The normalized spacial score (nSPS) is 22.3. The third-order valence-corrected chi connectivity index (χ3v) is 9.32. The third kappa shape index (κ3) is 8.29. The molecule has 1 unspecified atom stereocenters. The van der Waals surface area contributed by atoms with Crippen molar-refractivity contribution in [3.8, 4) is 5.75 Å². The Morgan fingerprint density at radius 3 is 2.55 bits per heavy atom. The first-order valence-corrected chi connectivity index (χ1v) is 16.3. The van der Waals surface area contributed by atoms with Crippen LogP contribution in [-0.4, -0.2) is 140 Å². The Bertz CT molecular complexity index is 1200. The highest BCUT2D eigenvalue weighted by Crippen LogP contribution is 2.41. The van der Waals surface area contributed by atoms with E-state index in [2.05, 4.69) is 34.1 Å². The average molecular weight is 615 g/mol. The van der Waals surface area contributed by atoms with Crippen molar-refractivity contribution in [3.05, 3.63) is 29.3 Å². The van der Waals surface area contributed by atoms with E-state index in [9.17, 15) is 24.3 Å². The molecule has 1 aromatic carbocycles. The van der Waals surface area contributed by atoms with E-state index in [0.717, 1.165) is 60.0 Å². The summed E-state index contributed by atoms with van der Waals surface area (Å²) in [6, 6.07) is 5.05. The predicted molar refractivity (Wildman–Crippen MR) is 167 cm³/mol. The Hall–Kier alpha value is -3.18. The SMILES string of the molecule is CCCCN(CCCC[N+](C)(C)C)C(=O)CN1C[C@H](c2ccc3c(c2)CCO3)C(C(=O)O)[C@@H]1CCN1C(=O)CCN(C)C1=O. The summed E-state index contributed by atoms with van der Waals surface area (Å²) in [5.74, 6) is -1.44. The van der Waals surface area contributed by atoms with Crippen molar-refractivity contribution in [1.82, 2.24) is 19.6 Å². The van der Waals surface area contributed by atoms with Crippen LogP contribution in [0.1, 0.15) is 62.5 Å². The number of nitrogens with zero attached hydrogens (tertiary/aromatic N) is 5. The molecule has 0 bridgehead atoms. The quantitative estimate of drug-likeness (QED) is 0.239. The second-order valence-electron chi connectivity index (χ2n) is 13.7. The number of aliphatic carboxylic acids is 1. The number of carboxylic acid groups (broad SMARTS) is 1. The second kappa shape index (κ2) is 14.7. The monoisotopic (exact) mass is 614 g/mol. The topological polar surface area (TPSA) is 111 Å². The first kappa shape index (κ1) is 33.7. The molecule has 44 heavy (non-hydrogen) atoms. The summed E-state index contributed by atoms with van der Waals surface area (Å²) in [5, 5.41) is 10.6.